The largest absolute Gasteiger partial charge is 0.369 e. The van der Waals surface area contributed by atoms with Gasteiger partial charge >= 0.3 is 0 Å². The smallest absolute Gasteiger partial charge is 0.148 e. The molecule has 4 heteroatoms. The Morgan fingerprint density at radius 2 is 2.06 bits per heavy atom. The summed E-state index contributed by atoms with van der Waals surface area (Å²) in [4.78, 5) is 0. The molecular weight excluding hydrogens is 217 g/mol. The zero-order valence-electron chi connectivity index (χ0n) is 9.65. The fourth-order valence-electron chi connectivity index (χ4n) is 1.48. The van der Waals surface area contributed by atoms with Crippen molar-refractivity contribution < 1.29 is 4.39 Å². The summed E-state index contributed by atoms with van der Waals surface area (Å²) in [5.74, 6) is 0.476. The van der Waals surface area contributed by atoms with Crippen LogP contribution in [-0.4, -0.2) is 16.7 Å². The normalized spacial score (nSPS) is 10.2. The van der Waals surface area contributed by atoms with Crippen LogP contribution in [-0.2, 0) is 0 Å². The molecule has 1 heterocycles. The lowest BCUT2D eigenvalue weighted by atomic mass is 10.1. The van der Waals surface area contributed by atoms with Crippen LogP contribution in [0.25, 0.3) is 11.3 Å². The number of hydrogen-bond donors (Lipinski definition) is 1. The van der Waals surface area contributed by atoms with Crippen molar-refractivity contribution in [1.82, 2.24) is 10.2 Å². The second-order valence-corrected chi connectivity index (χ2v) is 3.74. The van der Waals surface area contributed by atoms with Crippen LogP contribution < -0.4 is 5.32 Å². The molecule has 0 atom stereocenters. The molecule has 0 saturated carbocycles. The van der Waals surface area contributed by atoms with E-state index in [-0.39, 0.29) is 5.82 Å². The first-order chi connectivity index (χ1) is 8.29. The number of anilines is 1. The molecule has 0 aliphatic rings. The van der Waals surface area contributed by atoms with Gasteiger partial charge in [0, 0.05) is 12.1 Å². The first kappa shape index (κ1) is 11.5. The predicted molar refractivity (Wildman–Crippen MR) is 66.2 cm³/mol. The number of hydrogen-bond acceptors (Lipinski definition) is 3. The van der Waals surface area contributed by atoms with Crippen molar-refractivity contribution in [3.63, 3.8) is 0 Å². The van der Waals surface area contributed by atoms with Gasteiger partial charge in [-0.15, -0.1) is 10.2 Å². The average molecular weight is 231 g/mol. The van der Waals surface area contributed by atoms with Gasteiger partial charge in [0.1, 0.15) is 11.6 Å². The Morgan fingerprint density at radius 3 is 2.71 bits per heavy atom. The molecule has 17 heavy (non-hydrogen) atoms. The second kappa shape index (κ2) is 5.39. The van der Waals surface area contributed by atoms with Crippen LogP contribution in [0.2, 0.25) is 0 Å². The summed E-state index contributed by atoms with van der Waals surface area (Å²) < 4.78 is 13.0. The van der Waals surface area contributed by atoms with E-state index in [0.717, 1.165) is 24.3 Å². The maximum atomic E-state index is 13.0. The summed E-state index contributed by atoms with van der Waals surface area (Å²) in [5.41, 5.74) is 1.41. The lowest BCUT2D eigenvalue weighted by Crippen LogP contribution is -2.02. The van der Waals surface area contributed by atoms with Crippen LogP contribution >= 0.6 is 0 Å². The Kier molecular flexibility index (Phi) is 3.65. The summed E-state index contributed by atoms with van der Waals surface area (Å²) in [6.45, 7) is 2.95. The Labute approximate surface area is 99.7 Å². The molecule has 88 valence electrons. The number of benzene rings is 1. The van der Waals surface area contributed by atoms with Crippen molar-refractivity contribution >= 4 is 5.82 Å². The quantitative estimate of drug-likeness (QED) is 0.878. The van der Waals surface area contributed by atoms with Crippen molar-refractivity contribution in [2.45, 2.75) is 13.3 Å². The molecule has 0 spiro atoms. The van der Waals surface area contributed by atoms with Gasteiger partial charge in [-0.2, -0.15) is 0 Å². The highest BCUT2D eigenvalue weighted by Crippen LogP contribution is 2.17. The third kappa shape index (κ3) is 3.00. The third-order valence-corrected chi connectivity index (χ3v) is 2.34. The molecule has 3 nitrogen and oxygen atoms in total. The van der Waals surface area contributed by atoms with Crippen LogP contribution in [0.1, 0.15) is 13.3 Å². The first-order valence-corrected chi connectivity index (χ1v) is 5.63. The minimum atomic E-state index is -0.266. The molecule has 0 aliphatic heterocycles. The van der Waals surface area contributed by atoms with Gasteiger partial charge < -0.3 is 5.32 Å². The summed E-state index contributed by atoms with van der Waals surface area (Å²) in [6, 6.07) is 10.0. The van der Waals surface area contributed by atoms with E-state index in [2.05, 4.69) is 22.4 Å². The van der Waals surface area contributed by atoms with E-state index in [1.54, 1.807) is 6.07 Å². The molecular formula is C13H14FN3. The molecule has 0 bridgehead atoms. The number of nitrogens with one attached hydrogen (secondary N) is 1. The maximum Gasteiger partial charge on any atom is 0.148 e. The maximum absolute atomic E-state index is 13.0. The second-order valence-electron chi connectivity index (χ2n) is 3.74. The summed E-state index contributed by atoms with van der Waals surface area (Å²) in [6.07, 6.45) is 1.04. The zero-order valence-corrected chi connectivity index (χ0v) is 9.65. The van der Waals surface area contributed by atoms with Gasteiger partial charge in [0.05, 0.1) is 5.69 Å². The van der Waals surface area contributed by atoms with Crippen LogP contribution in [0.5, 0.6) is 0 Å². The van der Waals surface area contributed by atoms with Crippen molar-refractivity contribution in [1.29, 1.82) is 0 Å². The average Bonchev–Trinajstić information content (AvgIpc) is 2.37. The van der Waals surface area contributed by atoms with Gasteiger partial charge in [0.2, 0.25) is 0 Å². The van der Waals surface area contributed by atoms with Crippen molar-refractivity contribution in [2.75, 3.05) is 11.9 Å². The zero-order chi connectivity index (χ0) is 12.1. The highest BCUT2D eigenvalue weighted by atomic mass is 19.1. The Balaban J connectivity index is 2.17. The van der Waals surface area contributed by atoms with E-state index < -0.39 is 0 Å². The summed E-state index contributed by atoms with van der Waals surface area (Å²) in [7, 11) is 0. The van der Waals surface area contributed by atoms with Crippen LogP contribution in [0.15, 0.2) is 36.4 Å². The minimum absolute atomic E-state index is 0.266. The Hall–Kier alpha value is -1.97. The van der Waals surface area contributed by atoms with Gasteiger partial charge in [0.15, 0.2) is 0 Å². The summed E-state index contributed by atoms with van der Waals surface area (Å²) in [5, 5.41) is 11.2. The number of halogens is 1. The number of rotatable bonds is 4. The Morgan fingerprint density at radius 1 is 1.18 bits per heavy atom. The van der Waals surface area contributed by atoms with E-state index in [0.29, 0.717) is 5.69 Å². The van der Waals surface area contributed by atoms with Gasteiger partial charge in [-0.1, -0.05) is 19.1 Å². The van der Waals surface area contributed by atoms with Crippen LogP contribution in [0.3, 0.4) is 0 Å². The van der Waals surface area contributed by atoms with Gasteiger partial charge in [-0.3, -0.25) is 0 Å². The van der Waals surface area contributed by atoms with E-state index >= 15 is 0 Å². The van der Waals surface area contributed by atoms with Gasteiger partial charge in [0.25, 0.3) is 0 Å². The number of aromatic nitrogens is 2. The van der Waals surface area contributed by atoms with Crippen molar-refractivity contribution in [3.05, 3.63) is 42.2 Å². The molecule has 1 aromatic carbocycles. The van der Waals surface area contributed by atoms with E-state index in [1.165, 1.54) is 12.1 Å². The molecule has 0 fully saturated rings. The summed E-state index contributed by atoms with van der Waals surface area (Å²) >= 11 is 0. The first-order valence-electron chi connectivity index (χ1n) is 5.63. The fraction of sp³-hybridized carbons (Fsp3) is 0.231. The van der Waals surface area contributed by atoms with Crippen molar-refractivity contribution in [3.8, 4) is 11.3 Å². The molecule has 1 N–H and O–H groups in total. The lowest BCUT2D eigenvalue weighted by molar-refractivity contribution is 0.628. The third-order valence-electron chi connectivity index (χ3n) is 2.34. The van der Waals surface area contributed by atoms with E-state index in [1.807, 2.05) is 18.2 Å². The molecule has 2 rings (SSSR count). The molecule has 0 saturated heterocycles. The molecule has 2 aromatic rings. The number of nitrogens with zero attached hydrogens (tertiary/aromatic N) is 2. The lowest BCUT2D eigenvalue weighted by Gasteiger charge is -2.04. The van der Waals surface area contributed by atoms with E-state index in [4.69, 9.17) is 0 Å². The monoisotopic (exact) mass is 231 g/mol. The highest BCUT2D eigenvalue weighted by Gasteiger charge is 2.01. The van der Waals surface area contributed by atoms with Gasteiger partial charge in [-0.25, -0.2) is 4.39 Å². The SMILES string of the molecule is CCCNc1ccc(-c2cccc(F)c2)nn1. The molecule has 0 aliphatic carbocycles. The topological polar surface area (TPSA) is 37.8 Å². The molecule has 0 amide bonds. The van der Waals surface area contributed by atoms with Crippen LogP contribution in [0.4, 0.5) is 10.2 Å². The fourth-order valence-corrected chi connectivity index (χ4v) is 1.48. The predicted octanol–water partition coefficient (Wildman–Crippen LogP) is 3.10. The van der Waals surface area contributed by atoms with Crippen molar-refractivity contribution in [2.24, 2.45) is 0 Å². The Bertz CT molecular complexity index is 482. The highest BCUT2D eigenvalue weighted by molar-refractivity contribution is 5.59. The minimum Gasteiger partial charge on any atom is -0.369 e. The van der Waals surface area contributed by atoms with E-state index in [9.17, 15) is 4.39 Å². The van der Waals surface area contributed by atoms with Gasteiger partial charge in [-0.05, 0) is 30.7 Å². The standard InChI is InChI=1S/C13H14FN3/c1-2-8-15-13-7-6-12(16-17-13)10-4-3-5-11(14)9-10/h3-7,9H,2,8H2,1H3,(H,15,17). The molecule has 0 radical (unpaired) electrons. The molecule has 0 unspecified atom stereocenters. The molecule has 1 aromatic heterocycles. The van der Waals surface area contributed by atoms with Crippen LogP contribution in [0, 0.1) is 5.82 Å².